The van der Waals surface area contributed by atoms with Crippen LogP contribution < -0.4 is 0 Å². The quantitative estimate of drug-likeness (QED) is 0.656. The lowest BCUT2D eigenvalue weighted by Crippen LogP contribution is -1.69. The molecular formula is C12H14S2. The summed E-state index contributed by atoms with van der Waals surface area (Å²) in [6.45, 7) is 7.89. The molecule has 74 valence electrons. The van der Waals surface area contributed by atoms with Crippen molar-refractivity contribution in [2.45, 2.75) is 13.8 Å². The molecule has 0 atom stereocenters. The summed E-state index contributed by atoms with van der Waals surface area (Å²) in [7, 11) is 0. The average molecular weight is 222 g/mol. The van der Waals surface area contributed by atoms with Crippen LogP contribution in [0.2, 0.25) is 0 Å². The van der Waals surface area contributed by atoms with E-state index >= 15 is 0 Å². The lowest BCUT2D eigenvalue weighted by molar-refractivity contribution is 1.64. The second-order valence-corrected chi connectivity index (χ2v) is 5.05. The minimum atomic E-state index is 1.26. The van der Waals surface area contributed by atoms with Gasteiger partial charge in [-0.15, -0.1) is 11.3 Å². The van der Waals surface area contributed by atoms with E-state index in [2.05, 4.69) is 37.8 Å². The summed E-state index contributed by atoms with van der Waals surface area (Å²) < 4.78 is 0. The summed E-state index contributed by atoms with van der Waals surface area (Å²) in [5.74, 6) is 0. The molecule has 1 aromatic heterocycles. The van der Waals surface area contributed by atoms with Gasteiger partial charge in [-0.2, -0.15) is 0 Å². The molecule has 0 bridgehead atoms. The monoisotopic (exact) mass is 222 g/mol. The highest BCUT2D eigenvalue weighted by molar-refractivity contribution is 8.11. The van der Waals surface area contributed by atoms with Gasteiger partial charge in [0.25, 0.3) is 0 Å². The zero-order valence-electron chi connectivity index (χ0n) is 8.49. The third-order valence-electron chi connectivity index (χ3n) is 1.63. The molecule has 0 nitrogen and oxygen atoms in total. The number of thiophene rings is 1. The number of hydrogen-bond donors (Lipinski definition) is 0. The number of aryl methyl sites for hydroxylation is 1. The van der Waals surface area contributed by atoms with Crippen molar-refractivity contribution < 1.29 is 0 Å². The summed E-state index contributed by atoms with van der Waals surface area (Å²) >= 11 is 3.48. The Hall–Kier alpha value is -0.730. The van der Waals surface area contributed by atoms with E-state index in [1.54, 1.807) is 11.8 Å². The van der Waals surface area contributed by atoms with Crippen molar-refractivity contribution in [1.29, 1.82) is 0 Å². The van der Waals surface area contributed by atoms with Crippen molar-refractivity contribution in [3.63, 3.8) is 0 Å². The van der Waals surface area contributed by atoms with Crippen LogP contribution in [0.1, 0.15) is 16.7 Å². The van der Waals surface area contributed by atoms with Gasteiger partial charge in [-0.3, -0.25) is 0 Å². The number of hydrogen-bond acceptors (Lipinski definition) is 2. The van der Waals surface area contributed by atoms with E-state index in [0.29, 0.717) is 0 Å². The molecular weight excluding hydrogens is 208 g/mol. The first-order valence-electron chi connectivity index (χ1n) is 4.45. The first-order chi connectivity index (χ1) is 6.77. The van der Waals surface area contributed by atoms with Crippen molar-refractivity contribution in [1.82, 2.24) is 0 Å². The third kappa shape index (κ3) is 3.20. The molecule has 0 spiro atoms. The Bertz CT molecular complexity index is 356. The van der Waals surface area contributed by atoms with Crippen LogP contribution in [0.15, 0.2) is 42.3 Å². The van der Waals surface area contributed by atoms with E-state index in [-0.39, 0.29) is 0 Å². The summed E-state index contributed by atoms with van der Waals surface area (Å²) in [4.78, 5) is 3.91. The molecule has 0 aliphatic heterocycles. The molecule has 0 aliphatic carbocycles. The van der Waals surface area contributed by atoms with Crippen LogP contribution in [-0.2, 0) is 0 Å². The molecule has 14 heavy (non-hydrogen) atoms. The van der Waals surface area contributed by atoms with Gasteiger partial charge in [0.05, 0.1) is 0 Å². The second-order valence-electron chi connectivity index (χ2n) is 2.75. The maximum atomic E-state index is 3.74. The Balaban J connectivity index is 2.93. The van der Waals surface area contributed by atoms with E-state index in [1.165, 1.54) is 14.7 Å². The molecule has 0 fully saturated rings. The standard InChI is InChI=1S/C12H14S2/c1-4-6-7-11(13-5-2)12-9-8-10(3)14-12/h4-9H,2H2,1,3H3/b6-4-,11-7-. The Kier molecular flexibility index (Phi) is 4.77. The van der Waals surface area contributed by atoms with E-state index in [4.69, 9.17) is 0 Å². The highest BCUT2D eigenvalue weighted by Gasteiger charge is 2.01. The van der Waals surface area contributed by atoms with Crippen molar-refractivity contribution in [2.75, 3.05) is 0 Å². The van der Waals surface area contributed by atoms with E-state index in [9.17, 15) is 0 Å². The molecule has 0 aromatic carbocycles. The van der Waals surface area contributed by atoms with E-state index in [1.807, 2.05) is 29.7 Å². The second kappa shape index (κ2) is 5.89. The Morgan fingerprint density at radius 1 is 1.50 bits per heavy atom. The minimum Gasteiger partial charge on any atom is -0.140 e. The van der Waals surface area contributed by atoms with Crippen molar-refractivity contribution in [3.05, 3.63) is 52.1 Å². The summed E-state index contributed by atoms with van der Waals surface area (Å²) in [5.41, 5.74) is 0. The predicted molar refractivity (Wildman–Crippen MR) is 69.6 cm³/mol. The first kappa shape index (κ1) is 11.3. The Labute approximate surface area is 94.0 Å². The molecule has 1 aromatic rings. The normalized spacial score (nSPS) is 12.3. The molecule has 0 unspecified atom stereocenters. The third-order valence-corrected chi connectivity index (χ3v) is 3.57. The average Bonchev–Trinajstić information content (AvgIpc) is 2.59. The van der Waals surface area contributed by atoms with Crippen LogP contribution in [-0.4, -0.2) is 0 Å². The van der Waals surface area contributed by atoms with Crippen LogP contribution in [0.5, 0.6) is 0 Å². The van der Waals surface area contributed by atoms with Crippen LogP contribution in [0.4, 0.5) is 0 Å². The molecule has 2 heteroatoms. The predicted octanol–water partition coefficient (Wildman–Crippen LogP) is 4.85. The molecule has 0 radical (unpaired) electrons. The fourth-order valence-electron chi connectivity index (χ4n) is 1.02. The maximum absolute atomic E-state index is 3.74. The molecule has 0 aliphatic rings. The van der Waals surface area contributed by atoms with Crippen molar-refractivity contribution in [2.24, 2.45) is 0 Å². The van der Waals surface area contributed by atoms with E-state index in [0.717, 1.165) is 0 Å². The Morgan fingerprint density at radius 2 is 2.29 bits per heavy atom. The van der Waals surface area contributed by atoms with Crippen molar-refractivity contribution >= 4 is 28.0 Å². The van der Waals surface area contributed by atoms with Gasteiger partial charge in [0.15, 0.2) is 0 Å². The number of allylic oxidation sites excluding steroid dienone is 3. The van der Waals surface area contributed by atoms with Gasteiger partial charge in [0, 0.05) is 14.7 Å². The van der Waals surface area contributed by atoms with Gasteiger partial charge >= 0.3 is 0 Å². The molecule has 0 saturated carbocycles. The number of rotatable bonds is 4. The molecule has 0 N–H and O–H groups in total. The van der Waals surface area contributed by atoms with Crippen LogP contribution in [0.25, 0.3) is 4.91 Å². The SMILES string of the molecule is C=CS/C(=C\C=C/C)c1ccc(C)s1. The molecule has 1 rings (SSSR count). The number of thioether (sulfide) groups is 1. The van der Waals surface area contributed by atoms with Crippen LogP contribution in [0.3, 0.4) is 0 Å². The summed E-state index contributed by atoms with van der Waals surface area (Å²) in [5, 5.41) is 1.87. The van der Waals surface area contributed by atoms with E-state index < -0.39 is 0 Å². The highest BCUT2D eigenvalue weighted by Crippen LogP contribution is 2.32. The molecule has 1 heterocycles. The zero-order chi connectivity index (χ0) is 10.4. The lowest BCUT2D eigenvalue weighted by atomic mass is 10.4. The minimum absolute atomic E-state index is 1.26. The van der Waals surface area contributed by atoms with Gasteiger partial charge < -0.3 is 0 Å². The molecule has 0 saturated heterocycles. The van der Waals surface area contributed by atoms with Gasteiger partial charge in [-0.05, 0) is 37.5 Å². The van der Waals surface area contributed by atoms with Crippen LogP contribution in [0, 0.1) is 6.92 Å². The van der Waals surface area contributed by atoms with Crippen LogP contribution >= 0.6 is 23.1 Å². The van der Waals surface area contributed by atoms with Gasteiger partial charge in [-0.25, -0.2) is 0 Å². The Morgan fingerprint density at radius 3 is 2.79 bits per heavy atom. The van der Waals surface area contributed by atoms with Gasteiger partial charge in [-0.1, -0.05) is 30.5 Å². The maximum Gasteiger partial charge on any atom is 0.0412 e. The lowest BCUT2D eigenvalue weighted by Gasteiger charge is -1.98. The van der Waals surface area contributed by atoms with Gasteiger partial charge in [0.1, 0.15) is 0 Å². The zero-order valence-corrected chi connectivity index (χ0v) is 10.1. The largest absolute Gasteiger partial charge is 0.140 e. The smallest absolute Gasteiger partial charge is 0.0412 e. The topological polar surface area (TPSA) is 0 Å². The summed E-state index contributed by atoms with van der Waals surface area (Å²) in [6.07, 6.45) is 6.21. The fraction of sp³-hybridized carbons (Fsp3) is 0.167. The fourth-order valence-corrected chi connectivity index (χ4v) is 2.60. The van der Waals surface area contributed by atoms with Crippen molar-refractivity contribution in [3.8, 4) is 0 Å². The molecule has 0 amide bonds. The van der Waals surface area contributed by atoms with Gasteiger partial charge in [0.2, 0.25) is 0 Å². The highest BCUT2D eigenvalue weighted by atomic mass is 32.2. The first-order valence-corrected chi connectivity index (χ1v) is 6.15. The summed E-state index contributed by atoms with van der Waals surface area (Å²) in [6, 6.07) is 4.30.